The Labute approximate surface area is 124 Å². The third-order valence-corrected chi connectivity index (χ3v) is 2.72. The first-order valence-corrected chi connectivity index (χ1v) is 7.36. The molecule has 0 heterocycles. The summed E-state index contributed by atoms with van der Waals surface area (Å²) in [5.74, 6) is 0.467. The topological polar surface area (TPSA) is 50.8 Å². The highest BCUT2D eigenvalue weighted by molar-refractivity contribution is 5.68. The number of hydrogen-bond donors (Lipinski definition) is 1. The average Bonchev–Trinajstić information content (AvgIpc) is 2.25. The fourth-order valence-corrected chi connectivity index (χ4v) is 1.77. The van der Waals surface area contributed by atoms with Crippen LogP contribution in [0.15, 0.2) is 0 Å². The number of amides is 1. The molecule has 0 aliphatic carbocycles. The molecule has 1 atom stereocenters. The van der Waals surface area contributed by atoms with E-state index in [-0.39, 0.29) is 12.1 Å². The standard InChI is InChI=1S/C15H32N2O3/c1-12(2)17(14(18)20-15(4,5)6)9-8-16-10-13(3)11-19-7/h12-13,16H,8-11H2,1-7H3. The van der Waals surface area contributed by atoms with Crippen LogP contribution < -0.4 is 5.32 Å². The molecule has 0 bridgehead atoms. The maximum Gasteiger partial charge on any atom is 0.410 e. The molecule has 0 aliphatic rings. The van der Waals surface area contributed by atoms with E-state index < -0.39 is 5.60 Å². The van der Waals surface area contributed by atoms with Crippen molar-refractivity contribution in [3.05, 3.63) is 0 Å². The van der Waals surface area contributed by atoms with Crippen LogP contribution in [0.1, 0.15) is 41.5 Å². The molecule has 1 amide bonds. The van der Waals surface area contributed by atoms with E-state index in [0.29, 0.717) is 12.5 Å². The summed E-state index contributed by atoms with van der Waals surface area (Å²) in [6.07, 6.45) is -0.251. The molecule has 0 spiro atoms. The number of methoxy groups -OCH3 is 1. The minimum absolute atomic E-state index is 0.128. The maximum absolute atomic E-state index is 12.1. The number of nitrogens with zero attached hydrogens (tertiary/aromatic N) is 1. The van der Waals surface area contributed by atoms with E-state index in [1.54, 1.807) is 12.0 Å². The minimum atomic E-state index is -0.454. The van der Waals surface area contributed by atoms with Gasteiger partial charge in [0.2, 0.25) is 0 Å². The van der Waals surface area contributed by atoms with Gasteiger partial charge in [-0.1, -0.05) is 6.92 Å². The third kappa shape index (κ3) is 9.15. The van der Waals surface area contributed by atoms with Gasteiger partial charge >= 0.3 is 6.09 Å². The van der Waals surface area contributed by atoms with Crippen molar-refractivity contribution < 1.29 is 14.3 Å². The molecule has 1 unspecified atom stereocenters. The van der Waals surface area contributed by atoms with Crippen molar-refractivity contribution >= 4 is 6.09 Å². The van der Waals surface area contributed by atoms with Gasteiger partial charge in [-0.2, -0.15) is 0 Å². The van der Waals surface area contributed by atoms with Gasteiger partial charge in [-0.15, -0.1) is 0 Å². The smallest absolute Gasteiger partial charge is 0.410 e. The van der Waals surface area contributed by atoms with Gasteiger partial charge in [0.25, 0.3) is 0 Å². The van der Waals surface area contributed by atoms with E-state index in [4.69, 9.17) is 9.47 Å². The monoisotopic (exact) mass is 288 g/mol. The van der Waals surface area contributed by atoms with Gasteiger partial charge in [-0.3, -0.25) is 0 Å². The molecular formula is C15H32N2O3. The lowest BCUT2D eigenvalue weighted by molar-refractivity contribution is 0.0193. The number of ether oxygens (including phenoxy) is 2. The Morgan fingerprint density at radius 3 is 2.30 bits per heavy atom. The van der Waals surface area contributed by atoms with E-state index in [2.05, 4.69) is 12.2 Å². The van der Waals surface area contributed by atoms with Crippen molar-refractivity contribution in [3.8, 4) is 0 Å². The average molecular weight is 288 g/mol. The van der Waals surface area contributed by atoms with E-state index >= 15 is 0 Å². The first-order valence-electron chi connectivity index (χ1n) is 7.36. The zero-order valence-electron chi connectivity index (χ0n) is 14.2. The molecular weight excluding hydrogens is 256 g/mol. The summed E-state index contributed by atoms with van der Waals surface area (Å²) in [5, 5.41) is 3.34. The normalized spacial score (nSPS) is 13.4. The van der Waals surface area contributed by atoms with Crippen LogP contribution in [0.4, 0.5) is 4.79 Å². The minimum Gasteiger partial charge on any atom is -0.444 e. The molecule has 0 saturated carbocycles. The molecule has 0 aromatic heterocycles. The van der Waals surface area contributed by atoms with Crippen molar-refractivity contribution in [2.24, 2.45) is 5.92 Å². The Bertz CT molecular complexity index is 275. The first-order chi connectivity index (χ1) is 9.17. The first kappa shape index (κ1) is 19.2. The lowest BCUT2D eigenvalue weighted by Gasteiger charge is -2.30. The van der Waals surface area contributed by atoms with E-state index in [1.165, 1.54) is 0 Å². The molecule has 20 heavy (non-hydrogen) atoms. The molecule has 0 saturated heterocycles. The van der Waals surface area contributed by atoms with Crippen LogP contribution in [-0.4, -0.2) is 56.0 Å². The summed E-state index contributed by atoms with van der Waals surface area (Å²) in [5.41, 5.74) is -0.454. The number of rotatable bonds is 8. The molecule has 0 radical (unpaired) electrons. The molecule has 5 heteroatoms. The van der Waals surface area contributed by atoms with Gasteiger partial charge in [0.15, 0.2) is 0 Å². The van der Waals surface area contributed by atoms with Crippen LogP contribution >= 0.6 is 0 Å². The van der Waals surface area contributed by atoms with Crippen LogP contribution in [0.3, 0.4) is 0 Å². The predicted octanol–water partition coefficient (Wildman–Crippen LogP) is 2.50. The zero-order chi connectivity index (χ0) is 15.8. The Hall–Kier alpha value is -0.810. The van der Waals surface area contributed by atoms with Crippen molar-refractivity contribution in [3.63, 3.8) is 0 Å². The highest BCUT2D eigenvalue weighted by atomic mass is 16.6. The van der Waals surface area contributed by atoms with Crippen LogP contribution in [0, 0.1) is 5.92 Å². The molecule has 1 N–H and O–H groups in total. The van der Waals surface area contributed by atoms with Crippen LogP contribution in [0.25, 0.3) is 0 Å². The van der Waals surface area contributed by atoms with Crippen molar-refractivity contribution in [2.75, 3.05) is 33.4 Å². The zero-order valence-corrected chi connectivity index (χ0v) is 14.2. The summed E-state index contributed by atoms with van der Waals surface area (Å²) < 4.78 is 10.5. The summed E-state index contributed by atoms with van der Waals surface area (Å²) in [6, 6.07) is 0.128. The van der Waals surface area contributed by atoms with E-state index in [9.17, 15) is 4.79 Å². The second kappa shape index (κ2) is 9.19. The van der Waals surface area contributed by atoms with Gasteiger partial charge in [0, 0.05) is 32.8 Å². The number of nitrogens with one attached hydrogen (secondary N) is 1. The van der Waals surface area contributed by atoms with Gasteiger partial charge < -0.3 is 19.7 Å². The number of carbonyl (C=O) groups is 1. The van der Waals surface area contributed by atoms with Crippen molar-refractivity contribution in [1.29, 1.82) is 0 Å². The summed E-state index contributed by atoms with van der Waals surface area (Å²) in [4.78, 5) is 13.8. The number of carbonyl (C=O) groups excluding carboxylic acids is 1. The Kier molecular flexibility index (Phi) is 8.81. The third-order valence-electron chi connectivity index (χ3n) is 2.72. The fourth-order valence-electron chi connectivity index (χ4n) is 1.77. The second-order valence-electron chi connectivity index (χ2n) is 6.53. The fraction of sp³-hybridized carbons (Fsp3) is 0.933. The Balaban J connectivity index is 4.13. The molecule has 0 aromatic rings. The van der Waals surface area contributed by atoms with E-state index in [1.807, 2.05) is 34.6 Å². The predicted molar refractivity (Wildman–Crippen MR) is 82.0 cm³/mol. The van der Waals surface area contributed by atoms with Gasteiger partial charge in [0.05, 0.1) is 0 Å². The molecule has 0 fully saturated rings. The quantitative estimate of drug-likeness (QED) is 0.697. The number of hydrogen-bond acceptors (Lipinski definition) is 4. The second-order valence-corrected chi connectivity index (χ2v) is 6.53. The Morgan fingerprint density at radius 1 is 1.25 bits per heavy atom. The van der Waals surface area contributed by atoms with Gasteiger partial charge in [0.1, 0.15) is 5.60 Å². The highest BCUT2D eigenvalue weighted by Gasteiger charge is 2.23. The largest absolute Gasteiger partial charge is 0.444 e. The molecule has 0 aliphatic heterocycles. The molecule has 120 valence electrons. The molecule has 0 aromatic carbocycles. The van der Waals surface area contributed by atoms with Gasteiger partial charge in [-0.05, 0) is 47.1 Å². The Morgan fingerprint density at radius 2 is 1.85 bits per heavy atom. The lowest BCUT2D eigenvalue weighted by atomic mass is 10.2. The van der Waals surface area contributed by atoms with Crippen LogP contribution in [-0.2, 0) is 9.47 Å². The van der Waals surface area contributed by atoms with Gasteiger partial charge in [-0.25, -0.2) is 4.79 Å². The van der Waals surface area contributed by atoms with Crippen molar-refractivity contribution in [2.45, 2.75) is 53.2 Å². The van der Waals surface area contributed by atoms with Crippen LogP contribution in [0.2, 0.25) is 0 Å². The van der Waals surface area contributed by atoms with E-state index in [0.717, 1.165) is 19.7 Å². The molecule has 5 nitrogen and oxygen atoms in total. The van der Waals surface area contributed by atoms with Crippen LogP contribution in [0.5, 0.6) is 0 Å². The molecule has 0 rings (SSSR count). The maximum atomic E-state index is 12.1. The SMILES string of the molecule is COCC(C)CNCCN(C(=O)OC(C)(C)C)C(C)C. The lowest BCUT2D eigenvalue weighted by Crippen LogP contribution is -2.44. The summed E-state index contributed by atoms with van der Waals surface area (Å²) in [7, 11) is 1.71. The summed E-state index contributed by atoms with van der Waals surface area (Å²) in [6.45, 7) is 14.8. The summed E-state index contributed by atoms with van der Waals surface area (Å²) >= 11 is 0. The van der Waals surface area contributed by atoms with Crippen molar-refractivity contribution in [1.82, 2.24) is 10.2 Å². The highest BCUT2D eigenvalue weighted by Crippen LogP contribution is 2.11.